The van der Waals surface area contributed by atoms with Crippen molar-refractivity contribution in [2.45, 2.75) is 43.9 Å². The summed E-state index contributed by atoms with van der Waals surface area (Å²) in [5, 5.41) is 13.0. The van der Waals surface area contributed by atoms with Crippen LogP contribution < -0.4 is 5.32 Å². The van der Waals surface area contributed by atoms with E-state index >= 15 is 0 Å². The summed E-state index contributed by atoms with van der Waals surface area (Å²) in [6.45, 7) is 2.80. The lowest BCUT2D eigenvalue weighted by Gasteiger charge is -2.32. The Morgan fingerprint density at radius 1 is 1.43 bits per heavy atom. The van der Waals surface area contributed by atoms with Crippen LogP contribution in [0, 0.1) is 0 Å². The number of aromatic nitrogens is 5. The SMILES string of the molecule is CCn1nccc1[C@@H]1C2=C(CCCC2=O)Nc2nc(SC)nn21. The second-order valence-corrected chi connectivity index (χ2v) is 6.41. The zero-order valence-corrected chi connectivity index (χ0v) is 13.9. The number of Topliss-reactive ketones (excluding diaryl/α,β-unsaturated/α-hetero) is 1. The van der Waals surface area contributed by atoms with E-state index in [0.29, 0.717) is 17.5 Å². The van der Waals surface area contributed by atoms with Crippen LogP contribution in [-0.4, -0.2) is 36.6 Å². The molecule has 1 N–H and O–H groups in total. The molecule has 0 saturated carbocycles. The van der Waals surface area contributed by atoms with Crippen LogP contribution in [0.15, 0.2) is 28.7 Å². The van der Waals surface area contributed by atoms with Gasteiger partial charge in [0.1, 0.15) is 6.04 Å². The molecule has 3 heterocycles. The second kappa shape index (κ2) is 5.52. The van der Waals surface area contributed by atoms with Crippen molar-refractivity contribution in [2.24, 2.45) is 0 Å². The van der Waals surface area contributed by atoms with E-state index in [0.717, 1.165) is 36.4 Å². The van der Waals surface area contributed by atoms with Crippen molar-refractivity contribution in [1.82, 2.24) is 24.5 Å². The fourth-order valence-corrected chi connectivity index (χ4v) is 3.68. The van der Waals surface area contributed by atoms with Crippen molar-refractivity contribution in [3.05, 3.63) is 29.2 Å². The number of thioether (sulfide) groups is 1. The fourth-order valence-electron chi connectivity index (χ4n) is 3.34. The molecular weight excluding hydrogens is 312 g/mol. The average Bonchev–Trinajstić information content (AvgIpc) is 3.18. The van der Waals surface area contributed by atoms with Gasteiger partial charge in [-0.1, -0.05) is 11.8 Å². The molecule has 23 heavy (non-hydrogen) atoms. The number of fused-ring (bicyclic) bond motifs is 1. The van der Waals surface area contributed by atoms with Crippen LogP contribution >= 0.6 is 11.8 Å². The number of hydrogen-bond acceptors (Lipinski definition) is 6. The Labute approximate surface area is 138 Å². The van der Waals surface area contributed by atoms with Crippen molar-refractivity contribution in [3.63, 3.8) is 0 Å². The summed E-state index contributed by atoms with van der Waals surface area (Å²) in [5.74, 6) is 0.899. The van der Waals surface area contributed by atoms with Gasteiger partial charge in [0.15, 0.2) is 5.78 Å². The molecule has 4 rings (SSSR count). The lowest BCUT2D eigenvalue weighted by molar-refractivity contribution is -0.116. The third kappa shape index (κ3) is 2.20. The van der Waals surface area contributed by atoms with Crippen LogP contribution in [0.4, 0.5) is 5.95 Å². The van der Waals surface area contributed by atoms with E-state index in [2.05, 4.69) is 20.5 Å². The predicted molar refractivity (Wildman–Crippen MR) is 87.3 cm³/mol. The first-order valence-corrected chi connectivity index (χ1v) is 9.01. The van der Waals surface area contributed by atoms with Crippen LogP contribution in [0.3, 0.4) is 0 Å². The van der Waals surface area contributed by atoms with E-state index in [-0.39, 0.29) is 11.8 Å². The lowest BCUT2D eigenvalue weighted by Crippen LogP contribution is -2.32. The molecular formula is C15H18N6OS. The Morgan fingerprint density at radius 3 is 3.09 bits per heavy atom. The standard InChI is InChI=1S/C15H18N6OS/c1-3-20-10(7-8-16-20)13-12-9(5-4-6-11(12)22)17-14-18-15(23-2)19-21(13)14/h7-8,13H,3-6H2,1-2H3,(H,17,18,19)/t13-/m1/s1. The van der Waals surface area contributed by atoms with Gasteiger partial charge in [-0.3, -0.25) is 9.48 Å². The van der Waals surface area contributed by atoms with Gasteiger partial charge in [0.25, 0.3) is 0 Å². The second-order valence-electron chi connectivity index (χ2n) is 5.64. The third-order valence-corrected chi connectivity index (χ3v) is 4.90. The number of carbonyl (C=O) groups excluding carboxylic acids is 1. The molecule has 2 aromatic rings. The highest BCUT2D eigenvalue weighted by Crippen LogP contribution is 2.40. The molecule has 1 atom stereocenters. The maximum Gasteiger partial charge on any atom is 0.227 e. The molecule has 2 aliphatic rings. The van der Waals surface area contributed by atoms with Gasteiger partial charge in [-0.05, 0) is 32.1 Å². The number of carbonyl (C=O) groups is 1. The van der Waals surface area contributed by atoms with Gasteiger partial charge >= 0.3 is 0 Å². The minimum absolute atomic E-state index is 0.194. The highest BCUT2D eigenvalue weighted by Gasteiger charge is 2.38. The lowest BCUT2D eigenvalue weighted by atomic mass is 9.87. The average molecular weight is 330 g/mol. The molecule has 0 unspecified atom stereocenters. The minimum Gasteiger partial charge on any atom is -0.328 e. The van der Waals surface area contributed by atoms with Gasteiger partial charge in [0.2, 0.25) is 11.1 Å². The first-order chi connectivity index (χ1) is 11.2. The van der Waals surface area contributed by atoms with Crippen molar-refractivity contribution in [2.75, 3.05) is 11.6 Å². The highest BCUT2D eigenvalue weighted by molar-refractivity contribution is 7.98. The normalized spacial score (nSPS) is 20.3. The van der Waals surface area contributed by atoms with Gasteiger partial charge in [-0.15, -0.1) is 5.10 Å². The fraction of sp³-hybridized carbons (Fsp3) is 0.467. The molecule has 2 aromatic heterocycles. The van der Waals surface area contributed by atoms with Gasteiger partial charge in [0, 0.05) is 30.4 Å². The maximum absolute atomic E-state index is 12.6. The first-order valence-electron chi connectivity index (χ1n) is 7.78. The highest BCUT2D eigenvalue weighted by atomic mass is 32.2. The molecule has 120 valence electrons. The summed E-state index contributed by atoms with van der Waals surface area (Å²) in [7, 11) is 0. The van der Waals surface area contributed by atoms with Crippen LogP contribution in [-0.2, 0) is 11.3 Å². The van der Waals surface area contributed by atoms with Crippen molar-refractivity contribution < 1.29 is 4.79 Å². The molecule has 0 fully saturated rings. The molecule has 0 spiro atoms. The summed E-state index contributed by atoms with van der Waals surface area (Å²) in [5.41, 5.74) is 2.79. The van der Waals surface area contributed by atoms with Crippen molar-refractivity contribution in [1.29, 1.82) is 0 Å². The number of allylic oxidation sites excluding steroid dienone is 2. The Hall–Kier alpha value is -2.09. The summed E-state index contributed by atoms with van der Waals surface area (Å²) in [6.07, 6.45) is 6.08. The number of hydrogen-bond donors (Lipinski definition) is 1. The van der Waals surface area contributed by atoms with E-state index in [9.17, 15) is 4.79 Å². The first kappa shape index (κ1) is 14.5. The number of nitrogens with one attached hydrogen (secondary N) is 1. The zero-order chi connectivity index (χ0) is 16.0. The quantitative estimate of drug-likeness (QED) is 0.870. The third-order valence-electron chi connectivity index (χ3n) is 4.36. The van der Waals surface area contributed by atoms with Gasteiger partial charge < -0.3 is 5.32 Å². The zero-order valence-electron chi connectivity index (χ0n) is 13.1. The van der Waals surface area contributed by atoms with Gasteiger partial charge in [0.05, 0.1) is 5.69 Å². The van der Waals surface area contributed by atoms with Crippen molar-refractivity contribution >= 4 is 23.5 Å². The summed E-state index contributed by atoms with van der Waals surface area (Å²) < 4.78 is 3.75. The molecule has 7 nitrogen and oxygen atoms in total. The Bertz CT molecular complexity index is 805. The molecule has 8 heteroatoms. The maximum atomic E-state index is 12.6. The molecule has 1 aliphatic carbocycles. The molecule has 0 radical (unpaired) electrons. The summed E-state index contributed by atoms with van der Waals surface area (Å²) >= 11 is 1.50. The molecule has 0 bridgehead atoms. The van der Waals surface area contributed by atoms with Gasteiger partial charge in [-0.25, -0.2) is 4.68 Å². The van der Waals surface area contributed by atoms with E-state index in [1.165, 1.54) is 11.8 Å². The molecule has 0 amide bonds. The predicted octanol–water partition coefficient (Wildman–Crippen LogP) is 2.24. The number of aryl methyl sites for hydroxylation is 1. The number of anilines is 1. The van der Waals surface area contributed by atoms with Crippen LogP contribution in [0.1, 0.15) is 37.9 Å². The van der Waals surface area contributed by atoms with Crippen LogP contribution in [0.2, 0.25) is 0 Å². The largest absolute Gasteiger partial charge is 0.328 e. The summed E-state index contributed by atoms with van der Waals surface area (Å²) in [6, 6.07) is 1.72. The molecule has 0 saturated heterocycles. The van der Waals surface area contributed by atoms with Gasteiger partial charge in [-0.2, -0.15) is 10.1 Å². The van der Waals surface area contributed by atoms with E-state index in [1.807, 2.05) is 28.6 Å². The summed E-state index contributed by atoms with van der Waals surface area (Å²) in [4.78, 5) is 17.2. The number of rotatable bonds is 3. The van der Waals surface area contributed by atoms with Crippen LogP contribution in [0.25, 0.3) is 0 Å². The molecule has 0 aromatic carbocycles. The van der Waals surface area contributed by atoms with Crippen LogP contribution in [0.5, 0.6) is 0 Å². The number of nitrogens with zero attached hydrogens (tertiary/aromatic N) is 5. The van der Waals surface area contributed by atoms with E-state index in [4.69, 9.17) is 0 Å². The van der Waals surface area contributed by atoms with E-state index in [1.54, 1.807) is 6.20 Å². The topological polar surface area (TPSA) is 77.6 Å². The van der Waals surface area contributed by atoms with Crippen molar-refractivity contribution in [3.8, 4) is 0 Å². The van der Waals surface area contributed by atoms with E-state index < -0.39 is 0 Å². The number of ketones is 1. The smallest absolute Gasteiger partial charge is 0.227 e. The molecule has 1 aliphatic heterocycles. The monoisotopic (exact) mass is 330 g/mol. The Morgan fingerprint density at radius 2 is 2.30 bits per heavy atom. The Balaban J connectivity index is 1.93. The minimum atomic E-state index is -0.245. The Kier molecular flexibility index (Phi) is 3.48.